The van der Waals surface area contributed by atoms with Crippen molar-refractivity contribution in [3.8, 4) is 0 Å². The third-order valence-corrected chi connectivity index (χ3v) is 4.89. The Morgan fingerprint density at radius 1 is 1.15 bits per heavy atom. The number of aromatic nitrogens is 1. The molecule has 0 saturated carbocycles. The first kappa shape index (κ1) is 22.9. The number of ether oxygens (including phenoxy) is 1. The van der Waals surface area contributed by atoms with E-state index in [2.05, 4.69) is 58.7 Å². The van der Waals surface area contributed by atoms with Crippen LogP contribution in [0, 0.1) is 0 Å². The third-order valence-electron chi connectivity index (χ3n) is 3.75. The van der Waals surface area contributed by atoms with E-state index in [1.807, 2.05) is 6.20 Å². The fourth-order valence-electron chi connectivity index (χ4n) is 2.35. The van der Waals surface area contributed by atoms with Crippen molar-refractivity contribution in [1.82, 2.24) is 15.6 Å². The molecule has 0 fully saturated rings. The van der Waals surface area contributed by atoms with E-state index in [-0.39, 0.29) is 24.0 Å². The normalized spacial score (nSPS) is 11.1. The van der Waals surface area contributed by atoms with Gasteiger partial charge in [-0.1, -0.05) is 38.1 Å². The van der Waals surface area contributed by atoms with Crippen LogP contribution < -0.4 is 10.6 Å². The zero-order chi connectivity index (χ0) is 17.9. The summed E-state index contributed by atoms with van der Waals surface area (Å²) < 4.78 is 5.68. The summed E-state index contributed by atoms with van der Waals surface area (Å²) in [5.74, 6) is 0.775. The van der Waals surface area contributed by atoms with Gasteiger partial charge in [-0.05, 0) is 24.0 Å². The van der Waals surface area contributed by atoms with Gasteiger partial charge in [0, 0.05) is 31.3 Å². The van der Waals surface area contributed by atoms with Crippen LogP contribution >= 0.6 is 35.3 Å². The Labute approximate surface area is 177 Å². The molecule has 0 saturated heterocycles. The largest absolute Gasteiger partial charge is 0.377 e. The topological polar surface area (TPSA) is 58.5 Å². The number of thiazole rings is 1. The van der Waals surface area contributed by atoms with Gasteiger partial charge in [0.2, 0.25) is 0 Å². The molecular weight excluding hydrogens is 459 g/mol. The molecule has 0 aliphatic rings. The van der Waals surface area contributed by atoms with Crippen LogP contribution in [0.25, 0.3) is 0 Å². The molecule has 2 aromatic rings. The monoisotopic (exact) mass is 488 g/mol. The average Bonchev–Trinajstić information content (AvgIpc) is 3.11. The van der Waals surface area contributed by atoms with Crippen molar-refractivity contribution in [2.45, 2.75) is 46.4 Å². The standard InChI is InChI=1S/C19H28N4OS.HI/c1-4-10-24-14-16-9-7-6-8-15(16)11-22-19(20-3)23-13-18-21-12-17(5-2)25-18;/h6-9,12H,4-5,10-11,13-14H2,1-3H3,(H2,20,22,23);1H. The van der Waals surface area contributed by atoms with Gasteiger partial charge in [0.25, 0.3) is 0 Å². The number of guanidine groups is 1. The van der Waals surface area contributed by atoms with Crippen molar-refractivity contribution in [2.75, 3.05) is 13.7 Å². The van der Waals surface area contributed by atoms with Crippen LogP contribution in [0.2, 0.25) is 0 Å². The fraction of sp³-hybridized carbons (Fsp3) is 0.474. The van der Waals surface area contributed by atoms with Crippen LogP contribution in [0.4, 0.5) is 0 Å². The minimum atomic E-state index is 0. The smallest absolute Gasteiger partial charge is 0.191 e. The summed E-state index contributed by atoms with van der Waals surface area (Å²) >= 11 is 1.74. The molecule has 2 rings (SSSR count). The predicted octanol–water partition coefficient (Wildman–Crippen LogP) is 4.12. The highest BCUT2D eigenvalue weighted by Gasteiger charge is 2.05. The molecule has 5 nitrogen and oxygen atoms in total. The molecule has 0 atom stereocenters. The number of hydrogen-bond acceptors (Lipinski definition) is 4. The van der Waals surface area contributed by atoms with Crippen LogP contribution in [0.3, 0.4) is 0 Å². The summed E-state index contributed by atoms with van der Waals surface area (Å²) in [7, 11) is 1.78. The first-order valence-corrected chi connectivity index (χ1v) is 9.61. The quantitative estimate of drug-likeness (QED) is 0.241. The maximum Gasteiger partial charge on any atom is 0.191 e. The highest BCUT2D eigenvalue weighted by Crippen LogP contribution is 2.13. The van der Waals surface area contributed by atoms with E-state index in [0.717, 1.165) is 30.4 Å². The molecule has 0 aliphatic heterocycles. The molecule has 2 N–H and O–H groups in total. The fourth-order valence-corrected chi connectivity index (χ4v) is 3.15. The third kappa shape index (κ3) is 7.59. The number of aryl methyl sites for hydroxylation is 1. The highest BCUT2D eigenvalue weighted by atomic mass is 127. The van der Waals surface area contributed by atoms with E-state index >= 15 is 0 Å². The number of benzene rings is 1. The Hall–Kier alpha value is -1.19. The minimum Gasteiger partial charge on any atom is -0.377 e. The number of hydrogen-bond donors (Lipinski definition) is 2. The summed E-state index contributed by atoms with van der Waals surface area (Å²) in [6.45, 7) is 7.10. The Morgan fingerprint density at radius 3 is 2.54 bits per heavy atom. The van der Waals surface area contributed by atoms with Crippen LogP contribution in [0.5, 0.6) is 0 Å². The van der Waals surface area contributed by atoms with Gasteiger partial charge in [0.1, 0.15) is 5.01 Å². The molecule has 1 heterocycles. The molecule has 0 spiro atoms. The zero-order valence-electron chi connectivity index (χ0n) is 15.7. The lowest BCUT2D eigenvalue weighted by molar-refractivity contribution is 0.121. The van der Waals surface area contributed by atoms with Gasteiger partial charge in [-0.3, -0.25) is 4.99 Å². The Bertz CT molecular complexity index is 675. The molecule has 144 valence electrons. The van der Waals surface area contributed by atoms with E-state index in [9.17, 15) is 0 Å². The first-order valence-electron chi connectivity index (χ1n) is 8.79. The number of nitrogens with one attached hydrogen (secondary N) is 2. The second-order valence-corrected chi connectivity index (χ2v) is 6.87. The Morgan fingerprint density at radius 2 is 1.88 bits per heavy atom. The average molecular weight is 488 g/mol. The summed E-state index contributed by atoms with van der Waals surface area (Å²) in [6, 6.07) is 8.34. The summed E-state index contributed by atoms with van der Waals surface area (Å²) in [6.07, 6.45) is 4.01. The molecule has 0 amide bonds. The molecule has 26 heavy (non-hydrogen) atoms. The van der Waals surface area contributed by atoms with Crippen molar-refractivity contribution in [1.29, 1.82) is 0 Å². The lowest BCUT2D eigenvalue weighted by atomic mass is 10.1. The molecule has 0 aliphatic carbocycles. The Kier molecular flexibility index (Phi) is 11.5. The van der Waals surface area contributed by atoms with E-state index < -0.39 is 0 Å². The lowest BCUT2D eigenvalue weighted by Crippen LogP contribution is -2.36. The van der Waals surface area contributed by atoms with Gasteiger partial charge in [0.05, 0.1) is 13.2 Å². The van der Waals surface area contributed by atoms with Crippen molar-refractivity contribution >= 4 is 41.3 Å². The van der Waals surface area contributed by atoms with Gasteiger partial charge in [-0.15, -0.1) is 35.3 Å². The zero-order valence-corrected chi connectivity index (χ0v) is 18.9. The second kappa shape index (κ2) is 13.1. The second-order valence-electron chi connectivity index (χ2n) is 5.67. The SMILES string of the molecule is CCCOCc1ccccc1CNC(=NC)NCc1ncc(CC)s1.I. The predicted molar refractivity (Wildman–Crippen MR) is 120 cm³/mol. The molecule has 0 radical (unpaired) electrons. The van der Waals surface area contributed by atoms with Crippen LogP contribution in [0.1, 0.15) is 41.3 Å². The van der Waals surface area contributed by atoms with Crippen LogP contribution in [0.15, 0.2) is 35.5 Å². The number of rotatable bonds is 9. The maximum absolute atomic E-state index is 5.68. The summed E-state index contributed by atoms with van der Waals surface area (Å²) in [4.78, 5) is 10.0. The molecule has 7 heteroatoms. The molecule has 1 aromatic carbocycles. The molecule has 0 unspecified atom stereocenters. The minimum absolute atomic E-state index is 0. The Balaban J connectivity index is 0.00000338. The van der Waals surface area contributed by atoms with Crippen molar-refractivity contribution in [3.05, 3.63) is 51.5 Å². The van der Waals surface area contributed by atoms with Gasteiger partial charge < -0.3 is 15.4 Å². The van der Waals surface area contributed by atoms with Crippen LogP contribution in [-0.4, -0.2) is 24.6 Å². The maximum atomic E-state index is 5.68. The summed E-state index contributed by atoms with van der Waals surface area (Å²) in [5.41, 5.74) is 2.44. The van der Waals surface area contributed by atoms with Gasteiger partial charge >= 0.3 is 0 Å². The van der Waals surface area contributed by atoms with Crippen LogP contribution in [-0.2, 0) is 30.9 Å². The molecule has 1 aromatic heterocycles. The first-order chi connectivity index (χ1) is 12.3. The van der Waals surface area contributed by atoms with Crippen molar-refractivity contribution in [2.24, 2.45) is 4.99 Å². The number of halogens is 1. The lowest BCUT2D eigenvalue weighted by Gasteiger charge is -2.14. The number of aliphatic imine (C=N–C) groups is 1. The van der Waals surface area contributed by atoms with Gasteiger partial charge in [-0.25, -0.2) is 4.98 Å². The van der Waals surface area contributed by atoms with Crippen molar-refractivity contribution in [3.63, 3.8) is 0 Å². The van der Waals surface area contributed by atoms with E-state index in [4.69, 9.17) is 4.74 Å². The van der Waals surface area contributed by atoms with E-state index in [0.29, 0.717) is 19.7 Å². The molecule has 0 bridgehead atoms. The van der Waals surface area contributed by atoms with E-state index in [1.165, 1.54) is 16.0 Å². The van der Waals surface area contributed by atoms with Gasteiger partial charge in [0.15, 0.2) is 5.96 Å². The van der Waals surface area contributed by atoms with E-state index in [1.54, 1.807) is 18.4 Å². The highest BCUT2D eigenvalue weighted by molar-refractivity contribution is 14.0. The summed E-state index contributed by atoms with van der Waals surface area (Å²) in [5, 5.41) is 7.77. The number of nitrogens with zero attached hydrogens (tertiary/aromatic N) is 2. The van der Waals surface area contributed by atoms with Crippen molar-refractivity contribution < 1.29 is 4.74 Å². The van der Waals surface area contributed by atoms with Gasteiger partial charge in [-0.2, -0.15) is 0 Å². The molecular formula is C19H29IN4OS.